The summed E-state index contributed by atoms with van der Waals surface area (Å²) in [5.41, 5.74) is 2.89. The number of aryl methyl sites for hydroxylation is 1. The van der Waals surface area contributed by atoms with Crippen LogP contribution in [0.5, 0.6) is 0 Å². The molecule has 0 saturated carbocycles. The SMILES string of the molecule is C[C@@H](CCc1ccccc1)NC(=O)c1ccc2nc(-n3cccc3)sc2c1. The van der Waals surface area contributed by atoms with Crippen molar-refractivity contribution in [3.8, 4) is 5.13 Å². The van der Waals surface area contributed by atoms with Gasteiger partial charge in [-0.15, -0.1) is 0 Å². The molecule has 0 unspecified atom stereocenters. The second-order valence-electron chi connectivity index (χ2n) is 6.67. The molecule has 0 fully saturated rings. The van der Waals surface area contributed by atoms with Gasteiger partial charge < -0.3 is 9.88 Å². The van der Waals surface area contributed by atoms with Crippen molar-refractivity contribution in [1.82, 2.24) is 14.9 Å². The van der Waals surface area contributed by atoms with Gasteiger partial charge in [0.2, 0.25) is 0 Å². The molecule has 136 valence electrons. The van der Waals surface area contributed by atoms with E-state index in [1.165, 1.54) is 5.56 Å². The zero-order valence-corrected chi connectivity index (χ0v) is 15.9. The monoisotopic (exact) mass is 375 g/mol. The molecule has 4 rings (SSSR count). The summed E-state index contributed by atoms with van der Waals surface area (Å²) >= 11 is 1.58. The maximum absolute atomic E-state index is 12.6. The fraction of sp³-hybridized carbons (Fsp3) is 0.182. The zero-order valence-electron chi connectivity index (χ0n) is 15.1. The number of fused-ring (bicyclic) bond motifs is 1. The number of amides is 1. The van der Waals surface area contributed by atoms with Crippen molar-refractivity contribution in [3.63, 3.8) is 0 Å². The zero-order chi connectivity index (χ0) is 18.6. The summed E-state index contributed by atoms with van der Waals surface area (Å²) in [6.45, 7) is 2.05. The van der Waals surface area contributed by atoms with Gasteiger partial charge in [-0.05, 0) is 55.7 Å². The first-order valence-electron chi connectivity index (χ1n) is 9.08. The van der Waals surface area contributed by atoms with Crippen LogP contribution in [-0.2, 0) is 6.42 Å². The van der Waals surface area contributed by atoms with Gasteiger partial charge >= 0.3 is 0 Å². The maximum atomic E-state index is 12.6. The minimum atomic E-state index is -0.0339. The lowest BCUT2D eigenvalue weighted by molar-refractivity contribution is 0.0938. The lowest BCUT2D eigenvalue weighted by Gasteiger charge is -2.14. The molecule has 4 aromatic rings. The minimum Gasteiger partial charge on any atom is -0.350 e. The van der Waals surface area contributed by atoms with Crippen molar-refractivity contribution in [3.05, 3.63) is 84.2 Å². The molecular weight excluding hydrogens is 354 g/mol. The average molecular weight is 375 g/mol. The molecule has 2 aromatic carbocycles. The van der Waals surface area contributed by atoms with Crippen LogP contribution in [-0.4, -0.2) is 21.5 Å². The Morgan fingerprint density at radius 3 is 2.67 bits per heavy atom. The molecule has 4 nitrogen and oxygen atoms in total. The highest BCUT2D eigenvalue weighted by molar-refractivity contribution is 7.20. The summed E-state index contributed by atoms with van der Waals surface area (Å²) < 4.78 is 3.00. The molecule has 2 aromatic heterocycles. The predicted octanol–water partition coefficient (Wildman–Crippen LogP) is 4.84. The lowest BCUT2D eigenvalue weighted by atomic mass is 10.1. The first-order chi connectivity index (χ1) is 13.2. The van der Waals surface area contributed by atoms with Gasteiger partial charge in [-0.3, -0.25) is 4.79 Å². The number of nitrogens with one attached hydrogen (secondary N) is 1. The van der Waals surface area contributed by atoms with Crippen molar-refractivity contribution in [2.24, 2.45) is 0 Å². The van der Waals surface area contributed by atoms with Crippen molar-refractivity contribution in [1.29, 1.82) is 0 Å². The van der Waals surface area contributed by atoms with E-state index in [1.807, 2.05) is 65.5 Å². The Morgan fingerprint density at radius 1 is 1.11 bits per heavy atom. The topological polar surface area (TPSA) is 46.9 Å². The number of aromatic nitrogens is 2. The van der Waals surface area contributed by atoms with Gasteiger partial charge in [-0.2, -0.15) is 0 Å². The van der Waals surface area contributed by atoms with Gasteiger partial charge in [0, 0.05) is 24.0 Å². The van der Waals surface area contributed by atoms with Crippen molar-refractivity contribution in [2.45, 2.75) is 25.8 Å². The number of carbonyl (C=O) groups is 1. The molecule has 0 saturated heterocycles. The van der Waals surface area contributed by atoms with Crippen molar-refractivity contribution in [2.75, 3.05) is 0 Å². The summed E-state index contributed by atoms with van der Waals surface area (Å²) in [7, 11) is 0. The van der Waals surface area contributed by atoms with Crippen LogP contribution >= 0.6 is 11.3 Å². The fourth-order valence-corrected chi connectivity index (χ4v) is 4.01. The fourth-order valence-electron chi connectivity index (χ4n) is 3.03. The Kier molecular flexibility index (Phi) is 5.03. The summed E-state index contributed by atoms with van der Waals surface area (Å²) in [4.78, 5) is 17.2. The molecule has 0 radical (unpaired) electrons. The molecule has 2 heterocycles. The Bertz CT molecular complexity index is 1040. The van der Waals surface area contributed by atoms with E-state index < -0.39 is 0 Å². The number of hydrogen-bond acceptors (Lipinski definition) is 3. The summed E-state index contributed by atoms with van der Waals surface area (Å²) in [6, 6.07) is 20.1. The van der Waals surface area contributed by atoms with E-state index in [0.29, 0.717) is 5.56 Å². The first-order valence-corrected chi connectivity index (χ1v) is 9.89. The average Bonchev–Trinajstić information content (AvgIpc) is 3.35. The third-order valence-corrected chi connectivity index (χ3v) is 5.58. The number of benzene rings is 2. The lowest BCUT2D eigenvalue weighted by Crippen LogP contribution is -2.32. The van der Waals surface area contributed by atoms with Gasteiger partial charge in [0.1, 0.15) is 0 Å². The molecule has 1 N–H and O–H groups in total. The Morgan fingerprint density at radius 2 is 1.89 bits per heavy atom. The van der Waals surface area contributed by atoms with Crippen LogP contribution in [0.3, 0.4) is 0 Å². The van der Waals surface area contributed by atoms with E-state index in [1.54, 1.807) is 11.3 Å². The number of carbonyl (C=O) groups excluding carboxylic acids is 1. The first kappa shape index (κ1) is 17.5. The van der Waals surface area contributed by atoms with Crippen LogP contribution < -0.4 is 5.32 Å². The van der Waals surface area contributed by atoms with Crippen LogP contribution in [0.2, 0.25) is 0 Å². The van der Waals surface area contributed by atoms with E-state index in [2.05, 4.69) is 29.4 Å². The summed E-state index contributed by atoms with van der Waals surface area (Å²) in [6.07, 6.45) is 5.81. The maximum Gasteiger partial charge on any atom is 0.251 e. The van der Waals surface area contributed by atoms with Gasteiger partial charge in [0.05, 0.1) is 10.2 Å². The number of thiazole rings is 1. The van der Waals surface area contributed by atoms with Crippen molar-refractivity contribution < 1.29 is 4.79 Å². The molecule has 0 aliphatic heterocycles. The predicted molar refractivity (Wildman–Crippen MR) is 111 cm³/mol. The van der Waals surface area contributed by atoms with Gasteiger partial charge in [-0.1, -0.05) is 41.7 Å². The third-order valence-electron chi connectivity index (χ3n) is 4.55. The molecule has 0 bridgehead atoms. The highest BCUT2D eigenvalue weighted by atomic mass is 32.1. The van der Waals surface area contributed by atoms with E-state index in [4.69, 9.17) is 0 Å². The van der Waals surface area contributed by atoms with Gasteiger partial charge in [0.15, 0.2) is 5.13 Å². The number of rotatable bonds is 6. The molecule has 0 aliphatic carbocycles. The van der Waals surface area contributed by atoms with E-state index >= 15 is 0 Å². The quantitative estimate of drug-likeness (QED) is 0.524. The Balaban J connectivity index is 1.42. The molecule has 0 aliphatic rings. The van der Waals surface area contributed by atoms with Gasteiger partial charge in [0.25, 0.3) is 5.91 Å². The molecule has 5 heteroatoms. The Labute approximate surface area is 162 Å². The van der Waals surface area contributed by atoms with E-state index in [-0.39, 0.29) is 11.9 Å². The van der Waals surface area contributed by atoms with E-state index in [0.717, 1.165) is 28.2 Å². The molecule has 27 heavy (non-hydrogen) atoms. The Hall–Kier alpha value is -2.92. The van der Waals surface area contributed by atoms with Crippen LogP contribution in [0.25, 0.3) is 15.3 Å². The summed E-state index contributed by atoms with van der Waals surface area (Å²) in [5, 5.41) is 4.01. The van der Waals surface area contributed by atoms with Crippen LogP contribution in [0.4, 0.5) is 0 Å². The van der Waals surface area contributed by atoms with E-state index in [9.17, 15) is 4.79 Å². The molecule has 1 atom stereocenters. The second kappa shape index (κ2) is 7.76. The largest absolute Gasteiger partial charge is 0.350 e. The van der Waals surface area contributed by atoms with Crippen LogP contribution in [0, 0.1) is 0 Å². The molecule has 0 spiro atoms. The van der Waals surface area contributed by atoms with Crippen molar-refractivity contribution >= 4 is 27.5 Å². The minimum absolute atomic E-state index is 0.0339. The highest BCUT2D eigenvalue weighted by Gasteiger charge is 2.12. The molecule has 1 amide bonds. The second-order valence-corrected chi connectivity index (χ2v) is 7.68. The number of nitrogens with zero attached hydrogens (tertiary/aromatic N) is 2. The normalized spacial score (nSPS) is 12.2. The van der Waals surface area contributed by atoms with Crippen LogP contribution in [0.15, 0.2) is 73.1 Å². The highest BCUT2D eigenvalue weighted by Crippen LogP contribution is 2.26. The number of hydrogen-bond donors (Lipinski definition) is 1. The third kappa shape index (κ3) is 4.09. The van der Waals surface area contributed by atoms with Crippen LogP contribution in [0.1, 0.15) is 29.3 Å². The molecular formula is C22H21N3OS. The standard InChI is InChI=1S/C22H21N3OS/c1-16(9-10-17-7-3-2-4-8-17)23-21(26)18-11-12-19-20(15-18)27-22(24-19)25-13-5-6-14-25/h2-8,11-16H,9-10H2,1H3,(H,23,26)/t16-/m0/s1. The smallest absolute Gasteiger partial charge is 0.251 e. The van der Waals surface area contributed by atoms with Gasteiger partial charge in [-0.25, -0.2) is 4.98 Å². The summed E-state index contributed by atoms with van der Waals surface area (Å²) in [5.74, 6) is -0.0339.